The Hall–Kier alpha value is -2.72. The number of amides is 1. The van der Waals surface area contributed by atoms with Crippen molar-refractivity contribution >= 4 is 17.5 Å². The predicted molar refractivity (Wildman–Crippen MR) is 114 cm³/mol. The Kier molecular flexibility index (Phi) is 4.39. The highest BCUT2D eigenvalue weighted by atomic mass is 35.5. The number of aryl methyl sites for hydroxylation is 1. The molecule has 148 valence electrons. The molecule has 2 aliphatic heterocycles. The lowest BCUT2D eigenvalue weighted by molar-refractivity contribution is -0.00932. The molecule has 0 aliphatic carbocycles. The van der Waals surface area contributed by atoms with Gasteiger partial charge in [-0.1, -0.05) is 36.7 Å². The number of halogens is 1. The van der Waals surface area contributed by atoms with Crippen LogP contribution >= 0.6 is 11.6 Å². The molecule has 1 fully saturated rings. The fraction of sp³-hybridized carbons (Fsp3) is 0.292. The van der Waals surface area contributed by atoms with Crippen LogP contribution in [-0.4, -0.2) is 28.5 Å². The van der Waals surface area contributed by atoms with Gasteiger partial charge in [-0.2, -0.15) is 0 Å². The average molecular weight is 407 g/mol. The van der Waals surface area contributed by atoms with Gasteiger partial charge in [0.15, 0.2) is 5.60 Å². The Morgan fingerprint density at radius 2 is 1.90 bits per heavy atom. The van der Waals surface area contributed by atoms with Gasteiger partial charge in [0.25, 0.3) is 5.91 Å². The van der Waals surface area contributed by atoms with Gasteiger partial charge in [-0.25, -0.2) is 0 Å². The third kappa shape index (κ3) is 2.94. The quantitative estimate of drug-likeness (QED) is 0.585. The number of benzene rings is 2. The van der Waals surface area contributed by atoms with Crippen molar-refractivity contribution in [2.75, 3.05) is 13.1 Å². The molecule has 1 saturated heterocycles. The van der Waals surface area contributed by atoms with Gasteiger partial charge in [0.1, 0.15) is 5.75 Å². The van der Waals surface area contributed by atoms with E-state index in [9.17, 15) is 4.79 Å². The van der Waals surface area contributed by atoms with Gasteiger partial charge in [0, 0.05) is 48.8 Å². The van der Waals surface area contributed by atoms with Crippen LogP contribution in [0.15, 0.2) is 60.8 Å². The lowest BCUT2D eigenvalue weighted by Crippen LogP contribution is -2.50. The molecule has 0 unspecified atom stereocenters. The molecule has 0 atom stereocenters. The van der Waals surface area contributed by atoms with Crippen LogP contribution in [0, 0.1) is 0 Å². The molecule has 3 aromatic rings. The zero-order valence-corrected chi connectivity index (χ0v) is 17.2. The number of likely N-dealkylation sites (tertiary alicyclic amines) is 1. The van der Waals surface area contributed by atoms with E-state index >= 15 is 0 Å². The average Bonchev–Trinajstić information content (AvgIpc) is 3.25. The third-order valence-electron chi connectivity index (χ3n) is 6.19. The molecule has 0 bridgehead atoms. The number of hydrogen-bond acceptors (Lipinski definition) is 2. The summed E-state index contributed by atoms with van der Waals surface area (Å²) in [5.74, 6) is 0.921. The Balaban J connectivity index is 1.42. The van der Waals surface area contributed by atoms with Crippen LogP contribution in [0.4, 0.5) is 0 Å². The first-order valence-corrected chi connectivity index (χ1v) is 10.5. The summed E-state index contributed by atoms with van der Waals surface area (Å²) in [6.45, 7) is 3.42. The summed E-state index contributed by atoms with van der Waals surface area (Å²) in [6.07, 6.45) is 4.43. The van der Waals surface area contributed by atoms with Crippen LogP contribution in [-0.2, 0) is 12.0 Å². The first-order chi connectivity index (χ1) is 14.1. The minimum absolute atomic E-state index is 0.118. The van der Waals surface area contributed by atoms with E-state index in [0.29, 0.717) is 18.1 Å². The van der Waals surface area contributed by atoms with Crippen molar-refractivity contribution in [1.82, 2.24) is 9.47 Å². The number of hydrogen-bond donors (Lipinski definition) is 0. The first-order valence-electron chi connectivity index (χ1n) is 10.2. The molecule has 1 spiro atoms. The Labute approximate surface area is 175 Å². The molecule has 1 aromatic heterocycles. The number of rotatable bonds is 2. The number of ether oxygens (including phenoxy) is 1. The largest absolute Gasteiger partial charge is 0.479 e. The van der Waals surface area contributed by atoms with Gasteiger partial charge in [-0.15, -0.1) is 0 Å². The van der Waals surface area contributed by atoms with Crippen LogP contribution in [0.2, 0.25) is 5.02 Å². The number of carbonyl (C=O) groups is 1. The topological polar surface area (TPSA) is 34.5 Å². The number of piperidine rings is 1. The molecule has 0 saturated carbocycles. The van der Waals surface area contributed by atoms with E-state index in [-0.39, 0.29) is 5.91 Å². The van der Waals surface area contributed by atoms with Crippen LogP contribution in [0.5, 0.6) is 5.75 Å². The first kappa shape index (κ1) is 18.3. The van der Waals surface area contributed by atoms with Gasteiger partial charge in [-0.05, 0) is 42.3 Å². The van der Waals surface area contributed by atoms with Crippen LogP contribution in [0.3, 0.4) is 0 Å². The second-order valence-electron chi connectivity index (χ2n) is 7.77. The number of aromatic nitrogens is 1. The fourth-order valence-corrected chi connectivity index (χ4v) is 4.79. The van der Waals surface area contributed by atoms with Gasteiger partial charge >= 0.3 is 0 Å². The van der Waals surface area contributed by atoms with Crippen molar-refractivity contribution in [2.24, 2.45) is 0 Å². The maximum atomic E-state index is 13.2. The fourth-order valence-electron chi connectivity index (χ4n) is 4.63. The summed E-state index contributed by atoms with van der Waals surface area (Å²) in [5.41, 5.74) is 3.64. The molecular weight excluding hydrogens is 384 g/mol. The standard InChI is InChI=1S/C24H23ClN2O2/c1-2-17-6-3-4-7-19(17)23(28)26-14-11-24(12-15-26)22-8-5-13-27(22)20-10-9-18(25)16-21(20)29-24/h3-10,13,16H,2,11-12,14-15H2,1H3. The number of nitrogens with zero attached hydrogens (tertiary/aromatic N) is 2. The summed E-state index contributed by atoms with van der Waals surface area (Å²) in [7, 11) is 0. The van der Waals surface area contributed by atoms with E-state index in [1.165, 1.54) is 0 Å². The molecule has 0 N–H and O–H groups in total. The van der Waals surface area contributed by atoms with E-state index in [0.717, 1.165) is 47.5 Å². The van der Waals surface area contributed by atoms with Gasteiger partial charge in [-0.3, -0.25) is 4.79 Å². The SMILES string of the molecule is CCc1ccccc1C(=O)N1CCC2(CC1)Oc1cc(Cl)ccc1-n1cccc12. The van der Waals surface area contributed by atoms with E-state index in [4.69, 9.17) is 16.3 Å². The van der Waals surface area contributed by atoms with Crippen molar-refractivity contribution < 1.29 is 9.53 Å². The molecule has 29 heavy (non-hydrogen) atoms. The third-order valence-corrected chi connectivity index (χ3v) is 6.42. The van der Waals surface area contributed by atoms with E-state index in [1.807, 2.05) is 47.4 Å². The maximum Gasteiger partial charge on any atom is 0.254 e. The molecule has 1 amide bonds. The Bertz CT molecular complexity index is 1080. The summed E-state index contributed by atoms with van der Waals surface area (Å²) >= 11 is 6.22. The lowest BCUT2D eigenvalue weighted by atomic mass is 9.86. The second-order valence-corrected chi connectivity index (χ2v) is 8.21. The van der Waals surface area contributed by atoms with Gasteiger partial charge in [0.2, 0.25) is 0 Å². The smallest absolute Gasteiger partial charge is 0.254 e. The molecule has 3 heterocycles. The molecular formula is C24H23ClN2O2. The maximum absolute atomic E-state index is 13.2. The highest BCUT2D eigenvalue weighted by Gasteiger charge is 2.44. The summed E-state index contributed by atoms with van der Waals surface area (Å²) < 4.78 is 8.75. The summed E-state index contributed by atoms with van der Waals surface area (Å²) in [5, 5.41) is 0.665. The van der Waals surface area contributed by atoms with Gasteiger partial charge < -0.3 is 14.2 Å². The minimum atomic E-state index is -0.428. The van der Waals surface area contributed by atoms with Crippen molar-refractivity contribution in [1.29, 1.82) is 0 Å². The molecule has 5 rings (SSSR count). The highest BCUT2D eigenvalue weighted by Crippen LogP contribution is 2.45. The van der Waals surface area contributed by atoms with E-state index in [2.05, 4.69) is 29.8 Å². The molecule has 2 aromatic carbocycles. The normalized spacial score (nSPS) is 16.8. The van der Waals surface area contributed by atoms with E-state index < -0.39 is 5.60 Å². The predicted octanol–water partition coefficient (Wildman–Crippen LogP) is 5.22. The minimum Gasteiger partial charge on any atom is -0.479 e. The van der Waals surface area contributed by atoms with Crippen LogP contribution < -0.4 is 4.74 Å². The molecule has 2 aliphatic rings. The van der Waals surface area contributed by atoms with Gasteiger partial charge in [0.05, 0.1) is 11.4 Å². The second kappa shape index (κ2) is 6.96. The zero-order valence-electron chi connectivity index (χ0n) is 16.4. The number of carbonyl (C=O) groups excluding carboxylic acids is 1. The summed E-state index contributed by atoms with van der Waals surface area (Å²) in [4.78, 5) is 15.1. The Morgan fingerprint density at radius 1 is 1.10 bits per heavy atom. The van der Waals surface area contributed by atoms with Crippen molar-refractivity contribution in [3.8, 4) is 11.4 Å². The van der Waals surface area contributed by atoms with Crippen molar-refractivity contribution in [3.05, 3.63) is 82.6 Å². The summed E-state index contributed by atoms with van der Waals surface area (Å²) in [6, 6.07) is 17.9. The molecule has 0 radical (unpaired) electrons. The van der Waals surface area contributed by atoms with Crippen LogP contribution in [0.1, 0.15) is 41.4 Å². The molecule has 4 nitrogen and oxygen atoms in total. The lowest BCUT2D eigenvalue weighted by Gasteiger charge is -2.45. The Morgan fingerprint density at radius 3 is 2.69 bits per heavy atom. The van der Waals surface area contributed by atoms with Crippen molar-refractivity contribution in [2.45, 2.75) is 31.8 Å². The van der Waals surface area contributed by atoms with Crippen LogP contribution in [0.25, 0.3) is 5.69 Å². The number of fused-ring (bicyclic) bond motifs is 4. The highest BCUT2D eigenvalue weighted by molar-refractivity contribution is 6.30. The van der Waals surface area contributed by atoms with Crippen molar-refractivity contribution in [3.63, 3.8) is 0 Å². The monoisotopic (exact) mass is 406 g/mol. The zero-order chi connectivity index (χ0) is 20.0. The molecule has 5 heteroatoms. The van der Waals surface area contributed by atoms with E-state index in [1.54, 1.807) is 0 Å².